The zero-order valence-electron chi connectivity index (χ0n) is 8.02. The van der Waals surface area contributed by atoms with Crippen molar-refractivity contribution in [2.75, 3.05) is 0 Å². The van der Waals surface area contributed by atoms with Gasteiger partial charge in [0, 0.05) is 29.0 Å². The Hall–Kier alpha value is -1.26. The van der Waals surface area contributed by atoms with Crippen LogP contribution in [0.3, 0.4) is 0 Å². The predicted octanol–water partition coefficient (Wildman–Crippen LogP) is 2.36. The fourth-order valence-corrected chi connectivity index (χ4v) is 1.63. The van der Waals surface area contributed by atoms with Crippen LogP contribution in [0.5, 0.6) is 0 Å². The van der Waals surface area contributed by atoms with Crippen LogP contribution in [0.25, 0.3) is 11.3 Å². The molecule has 0 unspecified atom stereocenters. The molecule has 0 spiro atoms. The van der Waals surface area contributed by atoms with Crippen LogP contribution in [0, 0.1) is 0 Å². The molecule has 2 aromatic rings. The number of halogens is 1. The van der Waals surface area contributed by atoms with Crippen molar-refractivity contribution < 1.29 is 0 Å². The lowest BCUT2D eigenvalue weighted by atomic mass is 10.1. The third-order valence-electron chi connectivity index (χ3n) is 2.09. The van der Waals surface area contributed by atoms with Gasteiger partial charge >= 0.3 is 0 Å². The van der Waals surface area contributed by atoms with Crippen LogP contribution < -0.4 is 5.73 Å². The Morgan fingerprint density at radius 1 is 1.07 bits per heavy atom. The predicted molar refractivity (Wildman–Crippen MR) is 63.1 cm³/mol. The molecular formula is C11H10BrN3. The second-order valence-electron chi connectivity index (χ2n) is 3.06. The fraction of sp³-hybridized carbons (Fsp3) is 0.0909. The molecule has 0 aliphatic carbocycles. The summed E-state index contributed by atoms with van der Waals surface area (Å²) in [5, 5.41) is 0. The molecule has 4 heteroatoms. The van der Waals surface area contributed by atoms with Gasteiger partial charge in [-0.3, -0.25) is 9.97 Å². The molecule has 76 valence electrons. The lowest BCUT2D eigenvalue weighted by Crippen LogP contribution is -2.03. The molecule has 2 N–H and O–H groups in total. The first-order valence-electron chi connectivity index (χ1n) is 4.57. The monoisotopic (exact) mass is 263 g/mol. The topological polar surface area (TPSA) is 51.8 Å². The molecule has 1 aromatic carbocycles. The van der Waals surface area contributed by atoms with Crippen molar-refractivity contribution in [2.45, 2.75) is 6.54 Å². The van der Waals surface area contributed by atoms with Crippen molar-refractivity contribution in [1.82, 2.24) is 9.97 Å². The molecule has 0 amide bonds. The van der Waals surface area contributed by atoms with E-state index in [1.807, 2.05) is 24.3 Å². The molecule has 0 fully saturated rings. The van der Waals surface area contributed by atoms with Gasteiger partial charge in [-0.2, -0.15) is 0 Å². The van der Waals surface area contributed by atoms with Crippen molar-refractivity contribution in [3.05, 3.63) is 46.8 Å². The van der Waals surface area contributed by atoms with E-state index in [1.54, 1.807) is 12.4 Å². The molecule has 0 saturated heterocycles. The molecule has 0 aliphatic rings. The number of benzene rings is 1. The third kappa shape index (κ3) is 2.22. The van der Waals surface area contributed by atoms with E-state index < -0.39 is 0 Å². The normalized spacial score (nSPS) is 10.3. The van der Waals surface area contributed by atoms with E-state index in [2.05, 4.69) is 25.9 Å². The third-order valence-corrected chi connectivity index (χ3v) is 2.61. The molecule has 0 atom stereocenters. The van der Waals surface area contributed by atoms with Gasteiger partial charge in [0.1, 0.15) is 0 Å². The van der Waals surface area contributed by atoms with Crippen molar-refractivity contribution in [2.24, 2.45) is 5.73 Å². The molecule has 15 heavy (non-hydrogen) atoms. The highest BCUT2D eigenvalue weighted by molar-refractivity contribution is 9.10. The zero-order chi connectivity index (χ0) is 10.7. The Kier molecular flexibility index (Phi) is 3.08. The largest absolute Gasteiger partial charge is 0.325 e. The molecule has 0 radical (unpaired) electrons. The summed E-state index contributed by atoms with van der Waals surface area (Å²) in [5.74, 6) is 0. The molecule has 2 rings (SSSR count). The number of aromatic nitrogens is 2. The Labute approximate surface area is 96.5 Å². The van der Waals surface area contributed by atoms with Crippen molar-refractivity contribution in [3.63, 3.8) is 0 Å². The Morgan fingerprint density at radius 3 is 2.40 bits per heavy atom. The minimum atomic E-state index is 0.402. The van der Waals surface area contributed by atoms with Crippen LogP contribution in [0.4, 0.5) is 0 Å². The fourth-order valence-electron chi connectivity index (χ4n) is 1.37. The minimum Gasteiger partial charge on any atom is -0.325 e. The van der Waals surface area contributed by atoms with Gasteiger partial charge in [-0.1, -0.05) is 28.1 Å². The van der Waals surface area contributed by atoms with E-state index in [4.69, 9.17) is 5.73 Å². The Balaban J connectivity index is 2.49. The first-order valence-corrected chi connectivity index (χ1v) is 5.36. The second-order valence-corrected chi connectivity index (χ2v) is 3.98. The van der Waals surface area contributed by atoms with Gasteiger partial charge in [0.15, 0.2) is 0 Å². The summed E-state index contributed by atoms with van der Waals surface area (Å²) in [6.45, 7) is 0.402. The average Bonchev–Trinajstić information content (AvgIpc) is 2.30. The van der Waals surface area contributed by atoms with E-state index in [-0.39, 0.29) is 0 Å². The molecule has 0 bridgehead atoms. The average molecular weight is 264 g/mol. The summed E-state index contributed by atoms with van der Waals surface area (Å²) in [6, 6.07) is 7.94. The van der Waals surface area contributed by atoms with Gasteiger partial charge in [0.2, 0.25) is 0 Å². The first-order chi connectivity index (χ1) is 7.31. The smallest absolute Gasteiger partial charge is 0.0930 e. The van der Waals surface area contributed by atoms with Gasteiger partial charge < -0.3 is 5.73 Å². The molecular weight excluding hydrogens is 254 g/mol. The standard InChI is InChI=1S/C11H10BrN3/c12-9-3-1-8(2-4-9)11-10(7-13)14-5-6-15-11/h1-6H,7,13H2. The highest BCUT2D eigenvalue weighted by Gasteiger charge is 2.05. The molecule has 0 aliphatic heterocycles. The summed E-state index contributed by atoms with van der Waals surface area (Å²) < 4.78 is 1.05. The van der Waals surface area contributed by atoms with Crippen LogP contribution in [-0.2, 0) is 6.54 Å². The van der Waals surface area contributed by atoms with Crippen LogP contribution in [0.1, 0.15) is 5.69 Å². The lowest BCUT2D eigenvalue weighted by molar-refractivity contribution is 0.969. The van der Waals surface area contributed by atoms with E-state index in [0.717, 1.165) is 21.4 Å². The van der Waals surface area contributed by atoms with Gasteiger partial charge in [0.05, 0.1) is 11.4 Å². The molecule has 1 heterocycles. The van der Waals surface area contributed by atoms with Crippen LogP contribution in [0.2, 0.25) is 0 Å². The Morgan fingerprint density at radius 2 is 1.73 bits per heavy atom. The SMILES string of the molecule is NCc1nccnc1-c1ccc(Br)cc1. The summed E-state index contributed by atoms with van der Waals surface area (Å²) in [4.78, 5) is 8.49. The van der Waals surface area contributed by atoms with E-state index in [9.17, 15) is 0 Å². The summed E-state index contributed by atoms with van der Waals surface area (Å²) in [5.41, 5.74) is 8.31. The van der Waals surface area contributed by atoms with Crippen molar-refractivity contribution in [1.29, 1.82) is 0 Å². The maximum absolute atomic E-state index is 5.61. The van der Waals surface area contributed by atoms with Crippen LogP contribution in [-0.4, -0.2) is 9.97 Å². The van der Waals surface area contributed by atoms with E-state index in [0.29, 0.717) is 6.54 Å². The molecule has 1 aromatic heterocycles. The summed E-state index contributed by atoms with van der Waals surface area (Å²) in [7, 11) is 0. The zero-order valence-corrected chi connectivity index (χ0v) is 9.61. The van der Waals surface area contributed by atoms with E-state index >= 15 is 0 Å². The highest BCUT2D eigenvalue weighted by Crippen LogP contribution is 2.21. The minimum absolute atomic E-state index is 0.402. The molecule has 0 saturated carbocycles. The summed E-state index contributed by atoms with van der Waals surface area (Å²) in [6.07, 6.45) is 3.33. The second kappa shape index (κ2) is 4.51. The maximum Gasteiger partial charge on any atom is 0.0930 e. The van der Waals surface area contributed by atoms with Crippen molar-refractivity contribution >= 4 is 15.9 Å². The van der Waals surface area contributed by atoms with Gasteiger partial charge in [-0.25, -0.2) is 0 Å². The number of nitrogens with zero attached hydrogens (tertiary/aromatic N) is 2. The number of hydrogen-bond acceptors (Lipinski definition) is 3. The van der Waals surface area contributed by atoms with Gasteiger partial charge in [-0.15, -0.1) is 0 Å². The lowest BCUT2D eigenvalue weighted by Gasteiger charge is -2.05. The number of nitrogens with two attached hydrogens (primary N) is 1. The van der Waals surface area contributed by atoms with Gasteiger partial charge in [0.25, 0.3) is 0 Å². The quantitative estimate of drug-likeness (QED) is 0.905. The summed E-state index contributed by atoms with van der Waals surface area (Å²) >= 11 is 3.39. The number of rotatable bonds is 2. The van der Waals surface area contributed by atoms with Crippen LogP contribution in [0.15, 0.2) is 41.1 Å². The van der Waals surface area contributed by atoms with Crippen molar-refractivity contribution in [3.8, 4) is 11.3 Å². The Bertz CT molecular complexity index is 454. The van der Waals surface area contributed by atoms with E-state index in [1.165, 1.54) is 0 Å². The first kappa shape index (κ1) is 10.3. The van der Waals surface area contributed by atoms with Crippen LogP contribution >= 0.6 is 15.9 Å². The highest BCUT2D eigenvalue weighted by atomic mass is 79.9. The maximum atomic E-state index is 5.61. The molecule has 3 nitrogen and oxygen atoms in total. The number of hydrogen-bond donors (Lipinski definition) is 1. The van der Waals surface area contributed by atoms with Gasteiger partial charge in [-0.05, 0) is 12.1 Å².